The van der Waals surface area contributed by atoms with Crippen molar-refractivity contribution in [1.82, 2.24) is 35.6 Å². The van der Waals surface area contributed by atoms with E-state index in [1.54, 1.807) is 31.2 Å². The molecule has 0 spiro atoms. The molecule has 16 nitrogen and oxygen atoms in total. The molecule has 0 bridgehead atoms. The third-order valence-corrected chi connectivity index (χ3v) is 5.84. The number of amides is 1. The molecule has 0 aliphatic rings. The highest BCUT2D eigenvalue weighted by atomic mass is 32.2. The average molecular weight is 544 g/mol. The van der Waals surface area contributed by atoms with Gasteiger partial charge in [-0.25, -0.2) is 9.97 Å². The van der Waals surface area contributed by atoms with Crippen molar-refractivity contribution in [2.24, 2.45) is 0 Å². The van der Waals surface area contributed by atoms with Gasteiger partial charge in [0, 0.05) is 12.3 Å². The number of ether oxygens (including phenoxy) is 3. The Bertz CT molecular complexity index is 1510. The first-order valence-corrected chi connectivity index (χ1v) is 12.2. The summed E-state index contributed by atoms with van der Waals surface area (Å²) in [6, 6.07) is 9.26. The Morgan fingerprint density at radius 1 is 1.16 bits per heavy atom. The molecule has 1 amide bonds. The molecule has 0 saturated carbocycles. The van der Waals surface area contributed by atoms with Gasteiger partial charge in [0.15, 0.2) is 10.8 Å². The number of aromatic nitrogens is 7. The van der Waals surface area contributed by atoms with E-state index in [0.29, 0.717) is 5.75 Å². The molecular weight excluding hydrogens is 522 g/mol. The quantitative estimate of drug-likeness (QED) is 0.207. The smallest absolute Gasteiger partial charge is 0.296 e. The lowest BCUT2D eigenvalue weighted by molar-refractivity contribution is 0.101. The summed E-state index contributed by atoms with van der Waals surface area (Å²) in [4.78, 5) is 24.9. The Balaban J connectivity index is 1.82. The first-order chi connectivity index (χ1) is 18.3. The molecule has 0 fully saturated rings. The van der Waals surface area contributed by atoms with Crippen LogP contribution in [0.15, 0.2) is 47.6 Å². The molecule has 0 atom stereocenters. The zero-order valence-corrected chi connectivity index (χ0v) is 20.8. The number of benzene rings is 1. The number of aromatic amines is 1. The van der Waals surface area contributed by atoms with E-state index < -0.39 is 34.2 Å². The molecule has 198 valence electrons. The fraction of sp³-hybridized carbons (Fsp3) is 0.190. The zero-order valence-electron chi connectivity index (χ0n) is 19.9. The van der Waals surface area contributed by atoms with Crippen LogP contribution in [0.1, 0.15) is 16.2 Å². The third-order valence-electron chi connectivity index (χ3n) is 4.59. The Hall–Kier alpha value is -4.90. The van der Waals surface area contributed by atoms with Gasteiger partial charge in [-0.05, 0) is 35.9 Å². The number of sulfonamides is 1. The van der Waals surface area contributed by atoms with Crippen LogP contribution in [0.4, 0.5) is 11.8 Å². The summed E-state index contributed by atoms with van der Waals surface area (Å²) in [6.07, 6.45) is 1.38. The molecular formula is C21H21N9O7S. The number of hydrogen-bond acceptors (Lipinski definition) is 13. The van der Waals surface area contributed by atoms with Crippen LogP contribution >= 0.6 is 0 Å². The van der Waals surface area contributed by atoms with Crippen LogP contribution < -0.4 is 24.2 Å². The predicted octanol–water partition coefficient (Wildman–Crippen LogP) is 0.918. The number of aliphatic hydroxyl groups is 1. The number of nitrogens with one attached hydrogen (secondary N) is 3. The monoisotopic (exact) mass is 543 g/mol. The molecule has 0 aliphatic heterocycles. The molecule has 17 heteroatoms. The number of nitrogens with zero attached hydrogens (tertiary/aromatic N) is 6. The molecule has 1 aromatic carbocycles. The summed E-state index contributed by atoms with van der Waals surface area (Å²) in [7, 11) is -2.86. The van der Waals surface area contributed by atoms with Crippen LogP contribution in [0.2, 0.25) is 0 Å². The highest BCUT2D eigenvalue weighted by Crippen LogP contribution is 2.38. The summed E-state index contributed by atoms with van der Waals surface area (Å²) >= 11 is 0. The molecule has 0 radical (unpaired) electrons. The van der Waals surface area contributed by atoms with Gasteiger partial charge in [-0.15, -0.1) is 5.10 Å². The maximum Gasteiger partial charge on any atom is 0.296 e. The standard InChI is InChI=1S/C21H21N9O7S/c1-12-6-7-15(22-11-12)38(33,34)28-17-16(37-14-5-3-4-13(10-14)35-2)20(36-9-8-31)24-18(23-17)19(32)25-21-26-29-30-27-21/h3-7,10-11,31H,8-9H2,1-2H3,(H,23,24,28)(H2,25,26,27,29,30,32). The minimum atomic E-state index is -4.32. The van der Waals surface area contributed by atoms with Gasteiger partial charge in [-0.3, -0.25) is 14.8 Å². The normalized spacial score (nSPS) is 11.0. The van der Waals surface area contributed by atoms with Gasteiger partial charge in [0.25, 0.3) is 27.8 Å². The predicted molar refractivity (Wildman–Crippen MR) is 130 cm³/mol. The lowest BCUT2D eigenvalue weighted by atomic mass is 10.3. The van der Waals surface area contributed by atoms with Crippen molar-refractivity contribution in [3.63, 3.8) is 0 Å². The van der Waals surface area contributed by atoms with Crippen LogP contribution in [0.25, 0.3) is 0 Å². The number of H-pyrrole nitrogens is 1. The molecule has 0 aliphatic carbocycles. The highest BCUT2D eigenvalue weighted by Gasteiger charge is 2.27. The molecule has 0 saturated heterocycles. The van der Waals surface area contributed by atoms with Crippen LogP contribution in [0.3, 0.4) is 0 Å². The number of carbonyl (C=O) groups is 1. The topological polar surface area (TPSA) is 216 Å². The number of aryl methyl sites for hydroxylation is 1. The van der Waals surface area contributed by atoms with Crippen molar-refractivity contribution < 1.29 is 32.5 Å². The third kappa shape index (κ3) is 6.26. The Labute approximate surface area is 215 Å². The molecule has 0 unspecified atom stereocenters. The highest BCUT2D eigenvalue weighted by molar-refractivity contribution is 7.92. The van der Waals surface area contributed by atoms with Gasteiger partial charge in [0.1, 0.15) is 18.1 Å². The zero-order chi connectivity index (χ0) is 27.1. The van der Waals surface area contributed by atoms with Gasteiger partial charge < -0.3 is 19.3 Å². The van der Waals surface area contributed by atoms with Gasteiger partial charge in [0.05, 0.1) is 13.7 Å². The van der Waals surface area contributed by atoms with E-state index in [9.17, 15) is 18.3 Å². The average Bonchev–Trinajstić information content (AvgIpc) is 3.42. The Kier molecular flexibility index (Phi) is 7.88. The van der Waals surface area contributed by atoms with Gasteiger partial charge in [0.2, 0.25) is 11.6 Å². The number of aliphatic hydroxyl groups excluding tert-OH is 1. The Morgan fingerprint density at radius 3 is 2.66 bits per heavy atom. The van der Waals surface area contributed by atoms with Crippen molar-refractivity contribution in [3.8, 4) is 23.1 Å². The molecule has 4 N–H and O–H groups in total. The second-order valence-corrected chi connectivity index (χ2v) is 8.98. The molecule has 3 heterocycles. The van der Waals surface area contributed by atoms with Crippen LogP contribution in [0, 0.1) is 6.92 Å². The number of methoxy groups -OCH3 is 1. The lowest BCUT2D eigenvalue weighted by Gasteiger charge is -2.17. The largest absolute Gasteiger partial charge is 0.497 e. The van der Waals surface area contributed by atoms with Gasteiger partial charge in [-0.1, -0.05) is 17.2 Å². The number of hydrogen-bond donors (Lipinski definition) is 4. The summed E-state index contributed by atoms with van der Waals surface area (Å²) in [6.45, 7) is 1.07. The SMILES string of the molecule is COc1cccc(Oc2c(NS(=O)(=O)c3ccc(C)cn3)nc(C(=O)Nc3nn[nH]n3)nc2OCCO)c1. The van der Waals surface area contributed by atoms with E-state index in [0.717, 1.165) is 5.56 Å². The summed E-state index contributed by atoms with van der Waals surface area (Å²) in [5.74, 6) is -2.06. The van der Waals surface area contributed by atoms with Crippen molar-refractivity contribution in [1.29, 1.82) is 0 Å². The van der Waals surface area contributed by atoms with Crippen molar-refractivity contribution in [2.45, 2.75) is 11.9 Å². The second kappa shape index (κ2) is 11.4. The summed E-state index contributed by atoms with van der Waals surface area (Å²) < 4.78 is 45.2. The minimum absolute atomic E-state index is 0.181. The fourth-order valence-electron chi connectivity index (χ4n) is 2.88. The fourth-order valence-corrected chi connectivity index (χ4v) is 3.82. The van der Waals surface area contributed by atoms with Crippen LogP contribution in [-0.4, -0.2) is 75.3 Å². The van der Waals surface area contributed by atoms with Crippen LogP contribution in [-0.2, 0) is 10.0 Å². The van der Waals surface area contributed by atoms with Crippen molar-refractivity contribution >= 4 is 27.7 Å². The Morgan fingerprint density at radius 2 is 1.97 bits per heavy atom. The van der Waals surface area contributed by atoms with Gasteiger partial charge >= 0.3 is 0 Å². The van der Waals surface area contributed by atoms with Crippen molar-refractivity contribution in [2.75, 3.05) is 30.4 Å². The number of pyridine rings is 1. The maximum absolute atomic E-state index is 13.2. The van der Waals surface area contributed by atoms with Crippen molar-refractivity contribution in [3.05, 3.63) is 54.0 Å². The molecule has 4 rings (SSSR count). The van der Waals surface area contributed by atoms with E-state index in [1.165, 1.54) is 25.4 Å². The number of carbonyl (C=O) groups excluding carboxylic acids is 1. The lowest BCUT2D eigenvalue weighted by Crippen LogP contribution is -2.21. The minimum Gasteiger partial charge on any atom is -0.497 e. The number of rotatable bonds is 11. The second-order valence-electron chi connectivity index (χ2n) is 7.35. The van der Waals surface area contributed by atoms with E-state index in [-0.39, 0.29) is 35.0 Å². The molecule has 38 heavy (non-hydrogen) atoms. The summed E-state index contributed by atoms with van der Waals surface area (Å²) in [5, 5.41) is 24.0. The van der Waals surface area contributed by atoms with E-state index in [4.69, 9.17) is 14.2 Å². The molecule has 3 aromatic heterocycles. The first-order valence-electron chi connectivity index (χ1n) is 10.8. The number of tetrazole rings is 1. The first kappa shape index (κ1) is 26.2. The van der Waals surface area contributed by atoms with E-state index in [1.807, 2.05) is 0 Å². The maximum atomic E-state index is 13.2. The van der Waals surface area contributed by atoms with E-state index >= 15 is 0 Å². The van der Waals surface area contributed by atoms with E-state index in [2.05, 4.69) is 45.6 Å². The number of anilines is 2. The van der Waals surface area contributed by atoms with Gasteiger partial charge in [-0.2, -0.15) is 18.6 Å². The summed E-state index contributed by atoms with van der Waals surface area (Å²) in [5.41, 5.74) is 0.744. The molecule has 4 aromatic rings. The van der Waals surface area contributed by atoms with Crippen LogP contribution in [0.5, 0.6) is 23.1 Å².